The summed E-state index contributed by atoms with van der Waals surface area (Å²) < 4.78 is 21.3. The molecule has 0 spiro atoms. The van der Waals surface area contributed by atoms with Gasteiger partial charge in [0.1, 0.15) is 17.1 Å². The van der Waals surface area contributed by atoms with Gasteiger partial charge in [0.2, 0.25) is 6.79 Å². The molecule has 2 aromatic rings. The number of urea groups is 1. The second kappa shape index (κ2) is 7.43. The van der Waals surface area contributed by atoms with Crippen LogP contribution in [0.5, 0.6) is 23.0 Å². The first-order chi connectivity index (χ1) is 14.4. The van der Waals surface area contributed by atoms with Gasteiger partial charge in [-0.15, -0.1) is 0 Å². The Hall–Kier alpha value is -4.01. The molecular weight excluding hydrogens is 392 g/mol. The van der Waals surface area contributed by atoms with Crippen molar-refractivity contribution in [2.24, 2.45) is 0 Å². The van der Waals surface area contributed by atoms with E-state index in [1.54, 1.807) is 25.1 Å². The zero-order valence-electron chi connectivity index (χ0n) is 16.5. The maximum atomic E-state index is 13.1. The van der Waals surface area contributed by atoms with E-state index in [2.05, 4.69) is 5.32 Å². The van der Waals surface area contributed by atoms with E-state index in [9.17, 15) is 14.4 Å². The van der Waals surface area contributed by atoms with Crippen molar-refractivity contribution in [3.63, 3.8) is 0 Å². The second-order valence-electron chi connectivity index (χ2n) is 6.51. The first-order valence-electron chi connectivity index (χ1n) is 8.97. The minimum atomic E-state index is -0.848. The predicted octanol–water partition coefficient (Wildman–Crippen LogP) is 2.41. The molecule has 0 unspecified atom stereocenters. The van der Waals surface area contributed by atoms with Gasteiger partial charge in [0, 0.05) is 17.2 Å². The van der Waals surface area contributed by atoms with E-state index in [1.807, 2.05) is 0 Å². The van der Waals surface area contributed by atoms with Crippen LogP contribution in [0, 0.1) is 6.92 Å². The molecule has 1 fully saturated rings. The Kier molecular flexibility index (Phi) is 4.78. The van der Waals surface area contributed by atoms with Crippen molar-refractivity contribution in [1.29, 1.82) is 0 Å². The number of methoxy groups -OCH3 is 2. The third-order valence-electron chi connectivity index (χ3n) is 4.83. The van der Waals surface area contributed by atoms with Gasteiger partial charge in [-0.05, 0) is 37.3 Å². The Bertz CT molecular complexity index is 1110. The van der Waals surface area contributed by atoms with Crippen LogP contribution in [0.4, 0.5) is 10.5 Å². The van der Waals surface area contributed by atoms with E-state index in [-0.39, 0.29) is 18.1 Å². The number of benzene rings is 2. The van der Waals surface area contributed by atoms with Crippen molar-refractivity contribution in [3.8, 4) is 23.0 Å². The van der Waals surface area contributed by atoms with Gasteiger partial charge in [0.15, 0.2) is 11.5 Å². The number of barbiturate groups is 1. The van der Waals surface area contributed by atoms with Crippen molar-refractivity contribution in [2.75, 3.05) is 25.9 Å². The molecular formula is C21H18N2O7. The van der Waals surface area contributed by atoms with E-state index in [1.165, 1.54) is 32.4 Å². The molecule has 0 aromatic heterocycles. The van der Waals surface area contributed by atoms with Crippen LogP contribution in [0.25, 0.3) is 6.08 Å². The molecule has 9 nitrogen and oxygen atoms in total. The predicted molar refractivity (Wildman–Crippen MR) is 106 cm³/mol. The molecule has 30 heavy (non-hydrogen) atoms. The molecule has 4 rings (SSSR count). The van der Waals surface area contributed by atoms with Gasteiger partial charge in [-0.1, -0.05) is 0 Å². The lowest BCUT2D eigenvalue weighted by atomic mass is 10.0. The SMILES string of the molecule is COc1ccc(/C=C2\C(=O)NC(=O)N(c3ccc4c(c3)OCO4)C2=O)c(OC)c1C. The van der Waals surface area contributed by atoms with Crippen LogP contribution >= 0.6 is 0 Å². The number of ether oxygens (including phenoxy) is 4. The first-order valence-corrected chi connectivity index (χ1v) is 8.97. The van der Waals surface area contributed by atoms with Crippen molar-refractivity contribution >= 4 is 29.6 Å². The molecule has 2 aliphatic rings. The summed E-state index contributed by atoms with van der Waals surface area (Å²) in [5.74, 6) is 0.409. The Morgan fingerprint density at radius 1 is 1.03 bits per heavy atom. The highest BCUT2D eigenvalue weighted by Crippen LogP contribution is 2.37. The lowest BCUT2D eigenvalue weighted by Crippen LogP contribution is -2.54. The summed E-state index contributed by atoms with van der Waals surface area (Å²) in [6, 6.07) is 7.16. The highest BCUT2D eigenvalue weighted by atomic mass is 16.7. The molecule has 0 bridgehead atoms. The van der Waals surface area contributed by atoms with Crippen LogP contribution in [0.15, 0.2) is 35.9 Å². The van der Waals surface area contributed by atoms with E-state index < -0.39 is 17.8 Å². The van der Waals surface area contributed by atoms with Crippen LogP contribution < -0.4 is 29.2 Å². The number of carbonyl (C=O) groups excluding carboxylic acids is 3. The largest absolute Gasteiger partial charge is 0.496 e. The standard InChI is InChI=1S/C21H18N2O7/c1-11-15(27-2)6-4-12(18(11)28-3)8-14-19(24)22-21(26)23(20(14)25)13-5-7-16-17(9-13)30-10-29-16/h4-9H,10H2,1-3H3,(H,22,24,26)/b14-8+. The normalized spacial score (nSPS) is 16.7. The molecule has 154 valence electrons. The van der Waals surface area contributed by atoms with E-state index in [4.69, 9.17) is 18.9 Å². The molecule has 4 amide bonds. The van der Waals surface area contributed by atoms with Gasteiger partial charge >= 0.3 is 6.03 Å². The fourth-order valence-electron chi connectivity index (χ4n) is 3.37. The van der Waals surface area contributed by atoms with Gasteiger partial charge in [0.25, 0.3) is 11.8 Å². The summed E-state index contributed by atoms with van der Waals surface area (Å²) in [7, 11) is 3.02. The zero-order chi connectivity index (χ0) is 21.4. The molecule has 1 saturated heterocycles. The minimum absolute atomic E-state index is 0.0547. The topological polar surface area (TPSA) is 103 Å². The fraction of sp³-hybridized carbons (Fsp3) is 0.190. The summed E-state index contributed by atoms with van der Waals surface area (Å²) in [5, 5.41) is 2.19. The average Bonchev–Trinajstić information content (AvgIpc) is 3.19. The number of nitrogens with zero attached hydrogens (tertiary/aromatic N) is 1. The Morgan fingerprint density at radius 3 is 2.53 bits per heavy atom. The molecule has 0 aliphatic carbocycles. The molecule has 2 heterocycles. The molecule has 2 aromatic carbocycles. The number of nitrogens with one attached hydrogen (secondary N) is 1. The lowest BCUT2D eigenvalue weighted by molar-refractivity contribution is -0.122. The number of fused-ring (bicyclic) bond motifs is 1. The minimum Gasteiger partial charge on any atom is -0.496 e. The quantitative estimate of drug-likeness (QED) is 0.610. The molecule has 1 N–H and O–H groups in total. The third-order valence-corrected chi connectivity index (χ3v) is 4.83. The highest BCUT2D eigenvalue weighted by Gasteiger charge is 2.37. The van der Waals surface area contributed by atoms with Gasteiger partial charge in [-0.3, -0.25) is 14.9 Å². The maximum Gasteiger partial charge on any atom is 0.335 e. The number of rotatable bonds is 4. The van der Waals surface area contributed by atoms with Crippen molar-refractivity contribution in [1.82, 2.24) is 5.32 Å². The van der Waals surface area contributed by atoms with E-state index in [0.29, 0.717) is 34.1 Å². The Balaban J connectivity index is 1.76. The summed E-state index contributed by atoms with van der Waals surface area (Å²) in [6.45, 7) is 1.85. The average molecular weight is 410 g/mol. The first kappa shape index (κ1) is 19.3. The molecule has 0 radical (unpaired) electrons. The van der Waals surface area contributed by atoms with E-state index >= 15 is 0 Å². The van der Waals surface area contributed by atoms with Crippen molar-refractivity contribution in [3.05, 3.63) is 47.0 Å². The van der Waals surface area contributed by atoms with Crippen molar-refractivity contribution in [2.45, 2.75) is 6.92 Å². The molecule has 2 aliphatic heterocycles. The number of anilines is 1. The molecule has 0 saturated carbocycles. The van der Waals surface area contributed by atoms with E-state index in [0.717, 1.165) is 4.90 Å². The number of carbonyl (C=O) groups is 3. The van der Waals surface area contributed by atoms with Crippen LogP contribution in [-0.4, -0.2) is 38.9 Å². The van der Waals surface area contributed by atoms with Gasteiger partial charge in [-0.25, -0.2) is 9.69 Å². The fourth-order valence-corrected chi connectivity index (χ4v) is 3.37. The van der Waals surface area contributed by atoms with Crippen LogP contribution in [0.2, 0.25) is 0 Å². The van der Waals surface area contributed by atoms with Gasteiger partial charge < -0.3 is 18.9 Å². The summed E-state index contributed by atoms with van der Waals surface area (Å²) in [5.41, 5.74) is 1.24. The van der Waals surface area contributed by atoms with Crippen molar-refractivity contribution < 1.29 is 33.3 Å². The number of amides is 4. The number of hydrogen-bond donors (Lipinski definition) is 1. The van der Waals surface area contributed by atoms with Crippen LogP contribution in [-0.2, 0) is 9.59 Å². The maximum absolute atomic E-state index is 13.1. The summed E-state index contributed by atoms with van der Waals surface area (Å²) in [6.07, 6.45) is 1.38. The Morgan fingerprint density at radius 2 is 1.80 bits per heavy atom. The van der Waals surface area contributed by atoms with Gasteiger partial charge in [-0.2, -0.15) is 0 Å². The Labute approximate surface area is 171 Å². The number of imide groups is 2. The van der Waals surface area contributed by atoms with Crippen LogP contribution in [0.1, 0.15) is 11.1 Å². The smallest absolute Gasteiger partial charge is 0.335 e. The summed E-state index contributed by atoms with van der Waals surface area (Å²) in [4.78, 5) is 38.8. The summed E-state index contributed by atoms with van der Waals surface area (Å²) >= 11 is 0. The second-order valence-corrected chi connectivity index (χ2v) is 6.51. The third kappa shape index (κ3) is 3.10. The molecule has 0 atom stereocenters. The van der Waals surface area contributed by atoms with Gasteiger partial charge in [0.05, 0.1) is 19.9 Å². The molecule has 9 heteroatoms. The lowest BCUT2D eigenvalue weighted by Gasteiger charge is -2.26. The zero-order valence-corrected chi connectivity index (χ0v) is 16.5. The van der Waals surface area contributed by atoms with Crippen LogP contribution in [0.3, 0.4) is 0 Å². The number of hydrogen-bond acceptors (Lipinski definition) is 7. The highest BCUT2D eigenvalue weighted by molar-refractivity contribution is 6.39. The monoisotopic (exact) mass is 410 g/mol.